The maximum Gasteiger partial charge on any atom is 0.231 e. The van der Waals surface area contributed by atoms with Crippen LogP contribution in [-0.2, 0) is 9.59 Å². The highest BCUT2D eigenvalue weighted by molar-refractivity contribution is 5.90. The maximum atomic E-state index is 11.5. The normalized spacial score (nSPS) is 10.4. The number of anilines is 2. The Morgan fingerprint density at radius 3 is 2.31 bits per heavy atom. The van der Waals surface area contributed by atoms with Gasteiger partial charge in [0, 0.05) is 19.9 Å². The summed E-state index contributed by atoms with van der Waals surface area (Å²) in [4.78, 5) is 35.2. The monoisotopic (exact) mass is 359 g/mol. The van der Waals surface area contributed by atoms with E-state index in [1.807, 2.05) is 13.8 Å². The molecular weight excluding hydrogens is 338 g/mol. The first kappa shape index (κ1) is 19.1. The number of pyridine rings is 1. The number of aromatic nitrogens is 3. The summed E-state index contributed by atoms with van der Waals surface area (Å²) in [5, 5.41) is 5.02. The third kappa shape index (κ3) is 4.88. The molecule has 2 aromatic rings. The van der Waals surface area contributed by atoms with Crippen molar-refractivity contribution in [2.45, 2.75) is 33.6 Å². The lowest BCUT2D eigenvalue weighted by atomic mass is 10.1. The Labute approximate surface area is 151 Å². The van der Waals surface area contributed by atoms with Crippen LogP contribution in [0.5, 0.6) is 17.4 Å². The molecule has 2 heterocycles. The standard InChI is InChI=1S/C17H21N5O4/c1-9(2)15-12(6-7-14(21-15)25-5)26-13-8-18-17(20-11(4)24)22-16(13)19-10(3)23/h6-9H,1-5H3,(H2,18,19,20,22,23,24). The molecule has 0 spiro atoms. The summed E-state index contributed by atoms with van der Waals surface area (Å²) < 4.78 is 11.0. The van der Waals surface area contributed by atoms with Crippen LogP contribution in [0.3, 0.4) is 0 Å². The van der Waals surface area contributed by atoms with Crippen LogP contribution in [0.25, 0.3) is 0 Å². The zero-order valence-corrected chi connectivity index (χ0v) is 15.3. The summed E-state index contributed by atoms with van der Waals surface area (Å²) in [6.45, 7) is 6.63. The van der Waals surface area contributed by atoms with Gasteiger partial charge >= 0.3 is 0 Å². The Hall–Kier alpha value is -3.23. The highest BCUT2D eigenvalue weighted by Gasteiger charge is 2.16. The molecule has 0 aromatic carbocycles. The van der Waals surface area contributed by atoms with Gasteiger partial charge in [-0.25, -0.2) is 9.97 Å². The Bertz CT molecular complexity index is 823. The van der Waals surface area contributed by atoms with E-state index in [2.05, 4.69) is 25.6 Å². The molecule has 0 aliphatic heterocycles. The Morgan fingerprint density at radius 1 is 1.04 bits per heavy atom. The number of ether oxygens (including phenoxy) is 2. The van der Waals surface area contributed by atoms with E-state index in [9.17, 15) is 9.59 Å². The lowest BCUT2D eigenvalue weighted by Gasteiger charge is -2.16. The van der Waals surface area contributed by atoms with E-state index < -0.39 is 0 Å². The Morgan fingerprint density at radius 2 is 1.73 bits per heavy atom. The van der Waals surface area contributed by atoms with Crippen LogP contribution in [0.1, 0.15) is 39.3 Å². The topological polar surface area (TPSA) is 115 Å². The molecule has 0 radical (unpaired) electrons. The van der Waals surface area contributed by atoms with Gasteiger partial charge in [-0.05, 0) is 12.0 Å². The van der Waals surface area contributed by atoms with E-state index in [0.29, 0.717) is 17.3 Å². The minimum absolute atomic E-state index is 0.0607. The first-order valence-electron chi connectivity index (χ1n) is 7.95. The van der Waals surface area contributed by atoms with Gasteiger partial charge in [0.2, 0.25) is 23.6 Å². The second-order valence-electron chi connectivity index (χ2n) is 5.76. The lowest BCUT2D eigenvalue weighted by molar-refractivity contribution is -0.115. The van der Waals surface area contributed by atoms with Crippen molar-refractivity contribution < 1.29 is 19.1 Å². The van der Waals surface area contributed by atoms with E-state index in [1.54, 1.807) is 12.1 Å². The second-order valence-corrected chi connectivity index (χ2v) is 5.76. The molecule has 0 saturated heterocycles. The average Bonchev–Trinajstić information content (AvgIpc) is 2.56. The van der Waals surface area contributed by atoms with E-state index >= 15 is 0 Å². The van der Waals surface area contributed by atoms with Gasteiger partial charge in [-0.1, -0.05) is 13.8 Å². The van der Waals surface area contributed by atoms with Crippen molar-refractivity contribution in [3.63, 3.8) is 0 Å². The van der Waals surface area contributed by atoms with Crippen LogP contribution in [-0.4, -0.2) is 33.9 Å². The summed E-state index contributed by atoms with van der Waals surface area (Å²) in [5.41, 5.74) is 0.684. The summed E-state index contributed by atoms with van der Waals surface area (Å²) in [6.07, 6.45) is 1.37. The minimum atomic E-state index is -0.334. The zero-order valence-electron chi connectivity index (χ0n) is 15.3. The number of hydrogen-bond acceptors (Lipinski definition) is 7. The number of carbonyl (C=O) groups excluding carboxylic acids is 2. The number of rotatable bonds is 6. The molecule has 0 aliphatic rings. The lowest BCUT2D eigenvalue weighted by Crippen LogP contribution is -2.14. The van der Waals surface area contributed by atoms with Crippen molar-refractivity contribution in [3.05, 3.63) is 24.0 Å². The molecule has 2 N–H and O–H groups in total. The fraction of sp³-hybridized carbons (Fsp3) is 0.353. The van der Waals surface area contributed by atoms with Crippen LogP contribution in [0.4, 0.5) is 11.8 Å². The van der Waals surface area contributed by atoms with Gasteiger partial charge in [-0.3, -0.25) is 14.9 Å². The molecule has 0 unspecified atom stereocenters. The summed E-state index contributed by atoms with van der Waals surface area (Å²) in [7, 11) is 1.54. The molecule has 2 rings (SSSR count). The largest absolute Gasteiger partial charge is 0.481 e. The summed E-state index contributed by atoms with van der Waals surface area (Å²) in [6, 6.07) is 3.40. The number of hydrogen-bond donors (Lipinski definition) is 2. The highest BCUT2D eigenvalue weighted by Crippen LogP contribution is 2.33. The molecule has 0 saturated carbocycles. The molecule has 2 aromatic heterocycles. The third-order valence-corrected chi connectivity index (χ3v) is 3.17. The van der Waals surface area contributed by atoms with Gasteiger partial charge < -0.3 is 14.8 Å². The van der Waals surface area contributed by atoms with E-state index in [-0.39, 0.29) is 35.2 Å². The molecule has 0 fully saturated rings. The minimum Gasteiger partial charge on any atom is -0.481 e. The SMILES string of the molecule is COc1ccc(Oc2cnc(NC(C)=O)nc2NC(C)=O)c(C(C)C)n1. The van der Waals surface area contributed by atoms with Crippen molar-refractivity contribution in [3.8, 4) is 17.4 Å². The third-order valence-electron chi connectivity index (χ3n) is 3.17. The van der Waals surface area contributed by atoms with E-state index in [1.165, 1.54) is 27.2 Å². The fourth-order valence-electron chi connectivity index (χ4n) is 2.09. The van der Waals surface area contributed by atoms with Gasteiger partial charge in [0.05, 0.1) is 19.0 Å². The van der Waals surface area contributed by atoms with Crippen molar-refractivity contribution >= 4 is 23.6 Å². The van der Waals surface area contributed by atoms with E-state index in [0.717, 1.165) is 0 Å². The van der Waals surface area contributed by atoms with Crippen LogP contribution in [0.15, 0.2) is 18.3 Å². The van der Waals surface area contributed by atoms with Gasteiger partial charge in [0.25, 0.3) is 0 Å². The van der Waals surface area contributed by atoms with Crippen LogP contribution < -0.4 is 20.1 Å². The predicted octanol–water partition coefficient (Wildman–Crippen LogP) is 2.71. The predicted molar refractivity (Wildman–Crippen MR) is 95.6 cm³/mol. The molecule has 2 amide bonds. The van der Waals surface area contributed by atoms with Crippen LogP contribution >= 0.6 is 0 Å². The number of carbonyl (C=O) groups is 2. The van der Waals surface area contributed by atoms with Crippen molar-refractivity contribution in [2.75, 3.05) is 17.7 Å². The van der Waals surface area contributed by atoms with Crippen molar-refractivity contribution in [1.29, 1.82) is 0 Å². The van der Waals surface area contributed by atoms with E-state index in [4.69, 9.17) is 9.47 Å². The second kappa shape index (κ2) is 8.24. The van der Waals surface area contributed by atoms with Gasteiger partial charge in [0.1, 0.15) is 5.75 Å². The summed E-state index contributed by atoms with van der Waals surface area (Å²) in [5.74, 6) is 0.802. The molecule has 138 valence electrons. The average molecular weight is 359 g/mol. The summed E-state index contributed by atoms with van der Waals surface area (Å²) >= 11 is 0. The number of nitrogens with zero attached hydrogens (tertiary/aromatic N) is 3. The molecular formula is C17H21N5O4. The van der Waals surface area contributed by atoms with Crippen molar-refractivity contribution in [1.82, 2.24) is 15.0 Å². The number of amides is 2. The molecule has 26 heavy (non-hydrogen) atoms. The molecule has 9 nitrogen and oxygen atoms in total. The van der Waals surface area contributed by atoms with Gasteiger partial charge in [-0.2, -0.15) is 4.98 Å². The smallest absolute Gasteiger partial charge is 0.231 e. The van der Waals surface area contributed by atoms with Crippen LogP contribution in [0.2, 0.25) is 0 Å². The molecule has 9 heteroatoms. The van der Waals surface area contributed by atoms with Crippen molar-refractivity contribution in [2.24, 2.45) is 0 Å². The van der Waals surface area contributed by atoms with Gasteiger partial charge in [-0.15, -0.1) is 0 Å². The Balaban J connectivity index is 2.41. The quantitative estimate of drug-likeness (QED) is 0.814. The fourth-order valence-corrected chi connectivity index (χ4v) is 2.09. The Kier molecular flexibility index (Phi) is 6.05. The molecule has 0 atom stereocenters. The zero-order chi connectivity index (χ0) is 19.3. The maximum absolute atomic E-state index is 11.5. The number of methoxy groups -OCH3 is 1. The first-order valence-corrected chi connectivity index (χ1v) is 7.95. The molecule has 0 aliphatic carbocycles. The molecule has 0 bridgehead atoms. The van der Waals surface area contributed by atoms with Crippen LogP contribution in [0, 0.1) is 0 Å². The first-order chi connectivity index (χ1) is 12.3. The van der Waals surface area contributed by atoms with Gasteiger partial charge in [0.15, 0.2) is 11.6 Å². The number of nitrogens with one attached hydrogen (secondary N) is 2. The highest BCUT2D eigenvalue weighted by atomic mass is 16.5.